The summed E-state index contributed by atoms with van der Waals surface area (Å²) in [6, 6.07) is 16.3. The molecule has 0 aliphatic heterocycles. The van der Waals surface area contributed by atoms with E-state index in [0.29, 0.717) is 6.42 Å². The van der Waals surface area contributed by atoms with E-state index in [9.17, 15) is 4.79 Å². The molecule has 1 aliphatic carbocycles. The van der Waals surface area contributed by atoms with Gasteiger partial charge in [0.1, 0.15) is 0 Å². The molecule has 0 radical (unpaired) electrons. The maximum absolute atomic E-state index is 12.2. The van der Waals surface area contributed by atoms with Gasteiger partial charge in [0, 0.05) is 22.1 Å². The number of halogens is 1. The zero-order valence-corrected chi connectivity index (χ0v) is 14.5. The molecule has 2 aromatic rings. The molecule has 1 unspecified atom stereocenters. The van der Waals surface area contributed by atoms with Crippen LogP contribution in [0.3, 0.4) is 0 Å². The Bertz CT molecular complexity index is 671. The molecule has 4 heteroatoms. The number of fused-ring (bicyclic) bond motifs is 1. The second-order valence-corrected chi connectivity index (χ2v) is 7.37. The number of rotatable bonds is 5. The van der Waals surface area contributed by atoms with Crippen molar-refractivity contribution in [2.75, 3.05) is 5.75 Å². The minimum Gasteiger partial charge on any atom is -0.349 e. The fourth-order valence-electron chi connectivity index (χ4n) is 2.96. The topological polar surface area (TPSA) is 29.1 Å². The molecule has 1 amide bonds. The van der Waals surface area contributed by atoms with E-state index in [4.69, 9.17) is 11.6 Å². The summed E-state index contributed by atoms with van der Waals surface area (Å²) in [4.78, 5) is 13.4. The molecule has 1 atom stereocenters. The van der Waals surface area contributed by atoms with E-state index in [1.54, 1.807) is 11.8 Å². The second-order valence-electron chi connectivity index (χ2n) is 5.76. The molecular formula is C19H20ClNOS. The predicted molar refractivity (Wildman–Crippen MR) is 97.1 cm³/mol. The average molecular weight is 346 g/mol. The highest BCUT2D eigenvalue weighted by Crippen LogP contribution is 2.29. The van der Waals surface area contributed by atoms with Gasteiger partial charge in [-0.05, 0) is 54.7 Å². The van der Waals surface area contributed by atoms with Crippen molar-refractivity contribution in [2.45, 2.75) is 36.6 Å². The molecule has 0 spiro atoms. The molecule has 0 saturated carbocycles. The van der Waals surface area contributed by atoms with E-state index in [1.807, 2.05) is 24.3 Å². The average Bonchev–Trinajstić information content (AvgIpc) is 2.57. The van der Waals surface area contributed by atoms with Crippen molar-refractivity contribution in [3.05, 3.63) is 64.7 Å². The van der Waals surface area contributed by atoms with E-state index in [1.165, 1.54) is 11.1 Å². The van der Waals surface area contributed by atoms with Crippen molar-refractivity contribution in [1.82, 2.24) is 5.32 Å². The number of carbonyl (C=O) groups excluding carboxylic acids is 1. The molecule has 23 heavy (non-hydrogen) atoms. The van der Waals surface area contributed by atoms with E-state index in [0.717, 1.165) is 34.9 Å². The van der Waals surface area contributed by atoms with Gasteiger partial charge in [-0.15, -0.1) is 11.8 Å². The van der Waals surface area contributed by atoms with Gasteiger partial charge in [0.2, 0.25) is 5.91 Å². The molecule has 0 bridgehead atoms. The molecule has 0 aromatic heterocycles. The lowest BCUT2D eigenvalue weighted by atomic mass is 9.88. The molecule has 2 nitrogen and oxygen atoms in total. The van der Waals surface area contributed by atoms with Gasteiger partial charge >= 0.3 is 0 Å². The normalized spacial score (nSPS) is 16.7. The van der Waals surface area contributed by atoms with Crippen molar-refractivity contribution >= 4 is 29.3 Å². The van der Waals surface area contributed by atoms with Gasteiger partial charge in [0.15, 0.2) is 0 Å². The lowest BCUT2D eigenvalue weighted by Gasteiger charge is -2.26. The van der Waals surface area contributed by atoms with E-state index >= 15 is 0 Å². The third-order valence-corrected chi connectivity index (χ3v) is 5.38. The van der Waals surface area contributed by atoms with Gasteiger partial charge < -0.3 is 5.32 Å². The summed E-state index contributed by atoms with van der Waals surface area (Å²) < 4.78 is 0. The van der Waals surface area contributed by atoms with E-state index in [-0.39, 0.29) is 11.9 Å². The predicted octanol–water partition coefficient (Wildman–Crippen LogP) is 5.02. The Morgan fingerprint density at radius 1 is 1.17 bits per heavy atom. The molecule has 3 rings (SSSR count). The first-order chi connectivity index (χ1) is 11.2. The number of nitrogens with one attached hydrogen (secondary N) is 1. The summed E-state index contributed by atoms with van der Waals surface area (Å²) in [5, 5.41) is 3.94. The molecule has 0 heterocycles. The number of amides is 1. The third kappa shape index (κ3) is 4.52. The molecule has 1 N–H and O–H groups in total. The van der Waals surface area contributed by atoms with Gasteiger partial charge in [-0.25, -0.2) is 0 Å². The SMILES string of the molecule is O=C(CCSc1ccc(Cl)cc1)NC1CCCc2ccccc21. The van der Waals surface area contributed by atoms with Crippen LogP contribution in [-0.2, 0) is 11.2 Å². The van der Waals surface area contributed by atoms with Gasteiger partial charge in [-0.3, -0.25) is 4.79 Å². The summed E-state index contributed by atoms with van der Waals surface area (Å²) in [5.74, 6) is 0.912. The van der Waals surface area contributed by atoms with Crippen LogP contribution in [0.5, 0.6) is 0 Å². The number of benzene rings is 2. The van der Waals surface area contributed by atoms with Crippen molar-refractivity contribution < 1.29 is 4.79 Å². The standard InChI is InChI=1S/C19H20ClNOS/c20-15-8-10-16(11-9-15)23-13-12-19(22)21-18-7-3-5-14-4-1-2-6-17(14)18/h1-2,4,6,8-11,18H,3,5,7,12-13H2,(H,21,22). The number of carbonyl (C=O) groups is 1. The monoisotopic (exact) mass is 345 g/mol. The Morgan fingerprint density at radius 3 is 2.78 bits per heavy atom. The van der Waals surface area contributed by atoms with Crippen LogP contribution >= 0.6 is 23.4 Å². The van der Waals surface area contributed by atoms with Crippen LogP contribution in [0, 0.1) is 0 Å². The molecule has 0 fully saturated rings. The van der Waals surface area contributed by atoms with Crippen molar-refractivity contribution in [1.29, 1.82) is 0 Å². The Balaban J connectivity index is 1.49. The highest BCUT2D eigenvalue weighted by Gasteiger charge is 2.20. The first kappa shape index (κ1) is 16.4. The fourth-order valence-corrected chi connectivity index (χ4v) is 3.94. The summed E-state index contributed by atoms with van der Waals surface area (Å²) in [7, 11) is 0. The molecular weight excluding hydrogens is 326 g/mol. The van der Waals surface area contributed by atoms with Crippen LogP contribution in [0.1, 0.15) is 36.4 Å². The van der Waals surface area contributed by atoms with E-state index in [2.05, 4.69) is 29.6 Å². The van der Waals surface area contributed by atoms with E-state index < -0.39 is 0 Å². The molecule has 120 valence electrons. The number of hydrogen-bond acceptors (Lipinski definition) is 2. The third-order valence-electron chi connectivity index (χ3n) is 4.12. The number of hydrogen-bond donors (Lipinski definition) is 1. The minimum atomic E-state index is 0.133. The Kier molecular flexibility index (Phi) is 5.63. The second kappa shape index (κ2) is 7.89. The van der Waals surface area contributed by atoms with Crippen LogP contribution in [-0.4, -0.2) is 11.7 Å². The number of thioether (sulfide) groups is 1. The highest BCUT2D eigenvalue weighted by atomic mass is 35.5. The maximum Gasteiger partial charge on any atom is 0.221 e. The molecule has 1 aliphatic rings. The minimum absolute atomic E-state index is 0.133. The Hall–Kier alpha value is -1.45. The fraction of sp³-hybridized carbons (Fsp3) is 0.316. The molecule has 0 saturated heterocycles. The Labute approximate surface area is 146 Å². The summed E-state index contributed by atoms with van der Waals surface area (Å²) >= 11 is 7.56. The molecule has 2 aromatic carbocycles. The van der Waals surface area contributed by atoms with Crippen LogP contribution < -0.4 is 5.32 Å². The van der Waals surface area contributed by atoms with Crippen molar-refractivity contribution in [3.63, 3.8) is 0 Å². The highest BCUT2D eigenvalue weighted by molar-refractivity contribution is 7.99. The zero-order valence-electron chi connectivity index (χ0n) is 12.9. The van der Waals surface area contributed by atoms with Crippen LogP contribution in [0.4, 0.5) is 0 Å². The summed E-state index contributed by atoms with van der Waals surface area (Å²) in [6.45, 7) is 0. The van der Waals surface area contributed by atoms with Crippen LogP contribution in [0.25, 0.3) is 0 Å². The zero-order chi connectivity index (χ0) is 16.1. The maximum atomic E-state index is 12.2. The van der Waals surface area contributed by atoms with Gasteiger partial charge in [-0.1, -0.05) is 35.9 Å². The first-order valence-electron chi connectivity index (χ1n) is 7.98. The first-order valence-corrected chi connectivity index (χ1v) is 9.34. The van der Waals surface area contributed by atoms with Crippen molar-refractivity contribution in [3.8, 4) is 0 Å². The van der Waals surface area contributed by atoms with Crippen LogP contribution in [0.2, 0.25) is 5.02 Å². The van der Waals surface area contributed by atoms with Crippen LogP contribution in [0.15, 0.2) is 53.4 Å². The van der Waals surface area contributed by atoms with Gasteiger partial charge in [-0.2, -0.15) is 0 Å². The Morgan fingerprint density at radius 2 is 1.96 bits per heavy atom. The smallest absolute Gasteiger partial charge is 0.221 e. The van der Waals surface area contributed by atoms with Gasteiger partial charge in [0.05, 0.1) is 6.04 Å². The summed E-state index contributed by atoms with van der Waals surface area (Å²) in [6.07, 6.45) is 3.83. The van der Waals surface area contributed by atoms with Crippen molar-refractivity contribution in [2.24, 2.45) is 0 Å². The lowest BCUT2D eigenvalue weighted by Crippen LogP contribution is -2.31. The number of aryl methyl sites for hydroxylation is 1. The van der Waals surface area contributed by atoms with Gasteiger partial charge in [0.25, 0.3) is 0 Å². The quantitative estimate of drug-likeness (QED) is 0.771. The summed E-state index contributed by atoms with van der Waals surface area (Å²) in [5.41, 5.74) is 2.66. The lowest BCUT2D eigenvalue weighted by molar-refractivity contribution is -0.121. The largest absolute Gasteiger partial charge is 0.349 e.